The van der Waals surface area contributed by atoms with Crippen molar-refractivity contribution in [3.05, 3.63) is 0 Å². The van der Waals surface area contributed by atoms with Crippen LogP contribution in [0.3, 0.4) is 0 Å². The summed E-state index contributed by atoms with van der Waals surface area (Å²) in [5, 5.41) is 94.1. The maximum atomic E-state index is 10.6. The first kappa shape index (κ1) is 75.8. The summed E-state index contributed by atoms with van der Waals surface area (Å²) in [5.74, 6) is -10.7. The zero-order valence-corrected chi connectivity index (χ0v) is 32.6. The molecule has 57 heavy (non-hydrogen) atoms. The molecule has 340 valence electrons. The molecule has 19 N–H and O–H groups in total. The standard InChI is InChI=1S/C10H16N2O8.C2H8N2O.C2H8N2.7C2H4O2/c13-7(14)3-11(4-8(15)16)1-2-12(5-9(17)18)6-10(19)20;3-1-2-4-5;3-1-2-4;7*1-2(3)4/h1-6H2,(H,13,14)(H,15,16)(H,17,18)(H,19,20);4-5H,1-3H2;1-4H2;7*1H3,(H,3,4). The number of hydrogen-bond donors (Lipinski definition) is 16. The van der Waals surface area contributed by atoms with Crippen molar-refractivity contribution in [3.8, 4) is 0 Å². The second-order valence-corrected chi connectivity index (χ2v) is 8.90. The lowest BCUT2D eigenvalue weighted by Crippen LogP contribution is -2.43. The fraction of sp³-hybridized carbons (Fsp3) is 0.607. The third-order valence-electron chi connectivity index (χ3n) is 2.59. The third-order valence-corrected chi connectivity index (χ3v) is 2.59. The van der Waals surface area contributed by atoms with E-state index in [1.165, 1.54) is 0 Å². The van der Waals surface area contributed by atoms with Gasteiger partial charge in [-0.05, 0) is 0 Å². The minimum atomic E-state index is -1.23. The van der Waals surface area contributed by atoms with Crippen LogP contribution in [0, 0.1) is 0 Å². The van der Waals surface area contributed by atoms with E-state index in [-0.39, 0.29) is 13.1 Å². The van der Waals surface area contributed by atoms with Gasteiger partial charge in [-0.15, -0.1) is 0 Å². The number of rotatable bonds is 14. The molecule has 0 radical (unpaired) electrons. The van der Waals surface area contributed by atoms with Crippen LogP contribution in [0.4, 0.5) is 0 Å². The molecule has 0 aromatic rings. The van der Waals surface area contributed by atoms with Crippen molar-refractivity contribution in [1.82, 2.24) is 15.3 Å². The quantitative estimate of drug-likeness (QED) is 0.0751. The Kier molecular flexibility index (Phi) is 82.3. The summed E-state index contributed by atoms with van der Waals surface area (Å²) in [6.07, 6.45) is 0. The average Bonchev–Trinajstić information content (AvgIpc) is 2.93. The molecule has 0 bridgehead atoms. The van der Waals surface area contributed by atoms with E-state index < -0.39 is 91.8 Å². The summed E-state index contributed by atoms with van der Waals surface area (Å²) in [4.78, 5) is 107. The van der Waals surface area contributed by atoms with Crippen LogP contribution in [0.25, 0.3) is 0 Å². The SMILES string of the molecule is CC(=O)O.CC(=O)O.CC(=O)O.CC(=O)O.CC(=O)O.CC(=O)O.CC(=O)O.NCCN.NCCNO.O=C(O)CN(CCN(CC(=O)O)CC(=O)O)CC(=O)O. The highest BCUT2D eigenvalue weighted by Crippen LogP contribution is 1.94. The second kappa shape index (κ2) is 61.9. The molecule has 0 saturated heterocycles. The van der Waals surface area contributed by atoms with Gasteiger partial charge in [0.05, 0.1) is 26.2 Å². The molecule has 0 amide bonds. The lowest BCUT2D eigenvalue weighted by Gasteiger charge is -2.23. The zero-order valence-electron chi connectivity index (χ0n) is 32.6. The molecule has 0 unspecified atom stereocenters. The molecule has 0 aromatic heterocycles. The molecule has 0 fully saturated rings. The van der Waals surface area contributed by atoms with Crippen molar-refractivity contribution in [2.45, 2.75) is 48.5 Å². The van der Waals surface area contributed by atoms with E-state index in [9.17, 15) is 19.2 Å². The number of nitrogens with one attached hydrogen (secondary N) is 1. The highest BCUT2D eigenvalue weighted by molar-refractivity contribution is 5.73. The smallest absolute Gasteiger partial charge is 0.317 e. The van der Waals surface area contributed by atoms with Gasteiger partial charge in [0.15, 0.2) is 0 Å². The number of hydroxylamine groups is 1. The van der Waals surface area contributed by atoms with Crippen LogP contribution in [0.15, 0.2) is 0 Å². The lowest BCUT2D eigenvalue weighted by molar-refractivity contribution is -0.145. The Morgan fingerprint density at radius 3 is 0.561 bits per heavy atom. The Labute approximate surface area is 326 Å². The lowest BCUT2D eigenvalue weighted by atomic mass is 10.4. The van der Waals surface area contributed by atoms with E-state index in [0.717, 1.165) is 58.3 Å². The van der Waals surface area contributed by atoms with Crippen molar-refractivity contribution in [2.75, 3.05) is 65.4 Å². The van der Waals surface area contributed by atoms with Crippen LogP contribution in [-0.4, -0.2) is 202 Å². The molecule has 0 heterocycles. The van der Waals surface area contributed by atoms with E-state index in [4.69, 9.17) is 112 Å². The summed E-state index contributed by atoms with van der Waals surface area (Å²) >= 11 is 0. The van der Waals surface area contributed by atoms with Crippen LogP contribution >= 0.6 is 0 Å². The summed E-state index contributed by atoms with van der Waals surface area (Å²) < 4.78 is 0. The largest absolute Gasteiger partial charge is 0.481 e. The molecule has 29 heteroatoms. The number of nitrogens with two attached hydrogens (primary N) is 3. The van der Waals surface area contributed by atoms with Gasteiger partial charge in [0, 0.05) is 87.7 Å². The molecule has 0 aliphatic rings. The Bertz CT molecular complexity index is 875. The van der Waals surface area contributed by atoms with Crippen molar-refractivity contribution in [3.63, 3.8) is 0 Å². The van der Waals surface area contributed by atoms with Gasteiger partial charge < -0.3 is 78.6 Å². The minimum Gasteiger partial charge on any atom is -0.481 e. The molecular formula is C28H60N6O23. The van der Waals surface area contributed by atoms with Crippen molar-refractivity contribution in [2.24, 2.45) is 17.2 Å². The van der Waals surface area contributed by atoms with Gasteiger partial charge >= 0.3 is 23.9 Å². The first-order valence-electron chi connectivity index (χ1n) is 14.8. The summed E-state index contributed by atoms with van der Waals surface area (Å²) in [5.41, 5.74) is 16.6. The minimum absolute atomic E-state index is 0.0703. The molecule has 29 nitrogen and oxygen atoms in total. The number of carbonyl (C=O) groups is 11. The third kappa shape index (κ3) is 358. The van der Waals surface area contributed by atoms with E-state index in [0.29, 0.717) is 26.2 Å². The Hall–Kier alpha value is -6.11. The van der Waals surface area contributed by atoms with Gasteiger partial charge in [0.2, 0.25) is 0 Å². The highest BCUT2D eigenvalue weighted by Gasteiger charge is 2.18. The Morgan fingerprint density at radius 2 is 0.509 bits per heavy atom. The van der Waals surface area contributed by atoms with E-state index >= 15 is 0 Å². The second-order valence-electron chi connectivity index (χ2n) is 8.90. The van der Waals surface area contributed by atoms with E-state index in [1.807, 2.05) is 5.48 Å². The summed E-state index contributed by atoms with van der Waals surface area (Å²) in [7, 11) is 0. The monoisotopic (exact) mass is 848 g/mol. The molecule has 0 aromatic carbocycles. The molecule has 0 spiro atoms. The van der Waals surface area contributed by atoms with Gasteiger partial charge in [-0.3, -0.25) is 62.5 Å². The predicted octanol–water partition coefficient (Wildman–Crippen LogP) is -3.61. The highest BCUT2D eigenvalue weighted by atomic mass is 16.5. The number of hydrogen-bond acceptors (Lipinski definition) is 18. The van der Waals surface area contributed by atoms with Crippen molar-refractivity contribution < 1.29 is 114 Å². The van der Waals surface area contributed by atoms with Gasteiger partial charge in [0.1, 0.15) is 0 Å². The number of aliphatic carboxylic acids is 11. The summed E-state index contributed by atoms with van der Waals surface area (Å²) in [6, 6.07) is 0. The Morgan fingerprint density at radius 1 is 0.368 bits per heavy atom. The summed E-state index contributed by atoms with van der Waals surface area (Å²) in [6.45, 7) is 7.48. The molecule has 0 saturated carbocycles. The number of nitrogens with zero attached hydrogens (tertiary/aromatic N) is 2. The molecule has 0 atom stereocenters. The van der Waals surface area contributed by atoms with Gasteiger partial charge in [-0.25, -0.2) is 5.48 Å². The fourth-order valence-corrected chi connectivity index (χ4v) is 1.54. The zero-order chi connectivity index (χ0) is 48.3. The maximum absolute atomic E-state index is 10.6. The van der Waals surface area contributed by atoms with Crippen LogP contribution < -0.4 is 22.7 Å². The molecule has 0 aliphatic heterocycles. The van der Waals surface area contributed by atoms with Crippen LogP contribution in [0.5, 0.6) is 0 Å². The molecular weight excluding hydrogens is 788 g/mol. The van der Waals surface area contributed by atoms with Gasteiger partial charge in [-0.2, -0.15) is 0 Å². The average molecular weight is 849 g/mol. The fourth-order valence-electron chi connectivity index (χ4n) is 1.54. The van der Waals surface area contributed by atoms with Crippen molar-refractivity contribution in [1.29, 1.82) is 0 Å². The van der Waals surface area contributed by atoms with Crippen LogP contribution in [-0.2, 0) is 52.7 Å². The number of carboxylic acid groups (broad SMARTS) is 11. The predicted molar refractivity (Wildman–Crippen MR) is 194 cm³/mol. The Balaban J connectivity index is -0.0000000613. The topological polar surface area (TPSA) is 527 Å². The van der Waals surface area contributed by atoms with Crippen LogP contribution in [0.1, 0.15) is 48.5 Å². The van der Waals surface area contributed by atoms with Crippen molar-refractivity contribution >= 4 is 65.7 Å². The van der Waals surface area contributed by atoms with Gasteiger partial charge in [0.25, 0.3) is 41.8 Å². The van der Waals surface area contributed by atoms with E-state index in [2.05, 4.69) is 0 Å². The first-order chi connectivity index (χ1) is 25.7. The van der Waals surface area contributed by atoms with E-state index in [1.54, 1.807) is 0 Å². The molecule has 0 aliphatic carbocycles. The first-order valence-corrected chi connectivity index (χ1v) is 14.8. The molecule has 0 rings (SSSR count). The maximum Gasteiger partial charge on any atom is 0.317 e. The normalized spacial score (nSPS) is 8.09. The van der Waals surface area contributed by atoms with Gasteiger partial charge in [-0.1, -0.05) is 0 Å². The number of carboxylic acids is 11. The van der Waals surface area contributed by atoms with Crippen LogP contribution in [0.2, 0.25) is 0 Å².